The molecule has 0 radical (unpaired) electrons. The quantitative estimate of drug-likeness (QED) is 0.207. The minimum Gasteiger partial charge on any atom is -0.456 e. The van der Waals surface area contributed by atoms with Gasteiger partial charge in [0.05, 0.1) is 0 Å². The van der Waals surface area contributed by atoms with E-state index in [2.05, 4.69) is 78.9 Å². The molecule has 0 N–H and O–H groups in total. The summed E-state index contributed by atoms with van der Waals surface area (Å²) >= 11 is 1.84. The van der Waals surface area contributed by atoms with Gasteiger partial charge in [-0.05, 0) is 35.4 Å². The highest BCUT2D eigenvalue weighted by Crippen LogP contribution is 2.41. The molecule has 5 heteroatoms. The number of aromatic nitrogens is 3. The van der Waals surface area contributed by atoms with E-state index < -0.39 is 0 Å². The number of furan rings is 1. The number of hydrogen-bond acceptors (Lipinski definition) is 5. The van der Waals surface area contributed by atoms with Gasteiger partial charge in [-0.25, -0.2) is 15.0 Å². The molecule has 9 aromatic rings. The Kier molecular flexibility index (Phi) is 5.64. The highest BCUT2D eigenvalue weighted by molar-refractivity contribution is 7.26. The highest BCUT2D eigenvalue weighted by atomic mass is 32.1. The fraction of sp³-hybridized carbons (Fsp3) is 0. The average Bonchev–Trinajstić information content (AvgIpc) is 3.67. The first-order valence-corrected chi connectivity index (χ1v) is 15.3. The van der Waals surface area contributed by atoms with Crippen molar-refractivity contribution in [2.24, 2.45) is 0 Å². The molecule has 0 amide bonds. The Bertz CT molecular complexity index is 2510. The van der Waals surface area contributed by atoms with Crippen LogP contribution < -0.4 is 0 Å². The molecule has 6 aromatic carbocycles. The third kappa shape index (κ3) is 4.02. The Morgan fingerprint density at radius 1 is 0.432 bits per heavy atom. The topological polar surface area (TPSA) is 51.8 Å². The lowest BCUT2D eigenvalue weighted by atomic mass is 10.0. The van der Waals surface area contributed by atoms with Crippen molar-refractivity contribution < 1.29 is 4.42 Å². The van der Waals surface area contributed by atoms with Crippen LogP contribution in [-0.2, 0) is 0 Å². The molecule has 3 aromatic heterocycles. The lowest BCUT2D eigenvalue weighted by Gasteiger charge is -2.10. The molecule has 206 valence electrons. The van der Waals surface area contributed by atoms with Crippen molar-refractivity contribution >= 4 is 53.4 Å². The molecule has 0 aliphatic carbocycles. The zero-order valence-corrected chi connectivity index (χ0v) is 24.3. The minimum atomic E-state index is 0.614. The van der Waals surface area contributed by atoms with Gasteiger partial charge >= 0.3 is 0 Å². The average molecular weight is 582 g/mol. The standard InChI is InChI=1S/C39H23N3OS/c1-2-11-24(12-3-1)37-40-38(42-39(41-37)31-19-10-21-33-35(31)30-16-4-6-20-32(30)43-33)26-14-8-13-25(23-26)27-17-9-18-29-28-15-5-7-22-34(28)44-36(27)29/h1-23H. The maximum atomic E-state index is 6.20. The lowest BCUT2D eigenvalue weighted by Crippen LogP contribution is -2.00. The largest absolute Gasteiger partial charge is 0.456 e. The van der Waals surface area contributed by atoms with Crippen molar-refractivity contribution in [3.63, 3.8) is 0 Å². The summed E-state index contributed by atoms with van der Waals surface area (Å²) in [6, 6.07) is 48.0. The van der Waals surface area contributed by atoms with E-state index in [4.69, 9.17) is 19.4 Å². The SMILES string of the molecule is c1ccc(-c2nc(-c3cccc(-c4cccc5c4sc4ccccc45)c3)nc(-c3cccc4oc5ccccc5c34)n2)cc1. The van der Waals surface area contributed by atoms with E-state index in [1.54, 1.807) is 0 Å². The fourth-order valence-corrected chi connectivity index (χ4v) is 7.34. The molecule has 4 nitrogen and oxygen atoms in total. The van der Waals surface area contributed by atoms with Crippen LogP contribution in [0, 0.1) is 0 Å². The highest BCUT2D eigenvalue weighted by Gasteiger charge is 2.18. The van der Waals surface area contributed by atoms with Gasteiger partial charge in [0.15, 0.2) is 17.5 Å². The lowest BCUT2D eigenvalue weighted by molar-refractivity contribution is 0.669. The van der Waals surface area contributed by atoms with E-state index in [0.717, 1.165) is 44.2 Å². The van der Waals surface area contributed by atoms with Crippen molar-refractivity contribution in [3.8, 4) is 45.3 Å². The summed E-state index contributed by atoms with van der Waals surface area (Å²) in [7, 11) is 0. The van der Waals surface area contributed by atoms with Gasteiger partial charge in [0.25, 0.3) is 0 Å². The molecule has 0 fully saturated rings. The second kappa shape index (κ2) is 9.97. The van der Waals surface area contributed by atoms with Gasteiger partial charge in [0.1, 0.15) is 11.2 Å². The zero-order valence-electron chi connectivity index (χ0n) is 23.4. The second-order valence-corrected chi connectivity index (χ2v) is 11.9. The fourth-order valence-electron chi connectivity index (χ4n) is 6.10. The van der Waals surface area contributed by atoms with Gasteiger partial charge in [-0.2, -0.15) is 0 Å². The van der Waals surface area contributed by atoms with Crippen molar-refractivity contribution in [2.75, 3.05) is 0 Å². The van der Waals surface area contributed by atoms with Gasteiger partial charge in [0.2, 0.25) is 0 Å². The first-order chi connectivity index (χ1) is 21.8. The molecule has 0 spiro atoms. The first-order valence-electron chi connectivity index (χ1n) is 14.5. The van der Waals surface area contributed by atoms with Crippen LogP contribution in [-0.4, -0.2) is 15.0 Å². The maximum absolute atomic E-state index is 6.20. The normalized spacial score (nSPS) is 11.6. The predicted molar refractivity (Wildman–Crippen MR) is 182 cm³/mol. The summed E-state index contributed by atoms with van der Waals surface area (Å²) in [6.45, 7) is 0. The van der Waals surface area contributed by atoms with Crippen LogP contribution in [0.3, 0.4) is 0 Å². The molecule has 0 saturated heterocycles. The molecule has 44 heavy (non-hydrogen) atoms. The predicted octanol–water partition coefficient (Wildman–Crippen LogP) is 10.8. The number of thiophene rings is 1. The number of nitrogens with zero attached hydrogens (tertiary/aromatic N) is 3. The Hall–Kier alpha value is -5.65. The van der Waals surface area contributed by atoms with Gasteiger partial charge < -0.3 is 4.42 Å². The van der Waals surface area contributed by atoms with Gasteiger partial charge in [0, 0.05) is 47.6 Å². The van der Waals surface area contributed by atoms with Crippen LogP contribution in [0.4, 0.5) is 0 Å². The van der Waals surface area contributed by atoms with E-state index in [1.807, 2.05) is 72.0 Å². The van der Waals surface area contributed by atoms with Gasteiger partial charge in [-0.1, -0.05) is 115 Å². The summed E-state index contributed by atoms with van der Waals surface area (Å²) in [6.07, 6.45) is 0. The molecule has 0 unspecified atom stereocenters. The summed E-state index contributed by atoms with van der Waals surface area (Å²) in [5, 5.41) is 4.62. The molecular weight excluding hydrogens is 559 g/mol. The third-order valence-electron chi connectivity index (χ3n) is 8.15. The second-order valence-electron chi connectivity index (χ2n) is 10.8. The molecule has 9 rings (SSSR count). The van der Waals surface area contributed by atoms with Crippen LogP contribution in [0.15, 0.2) is 144 Å². The molecule has 0 atom stereocenters. The van der Waals surface area contributed by atoms with Crippen molar-refractivity contribution in [3.05, 3.63) is 140 Å². The Balaban J connectivity index is 1.26. The molecule has 0 saturated carbocycles. The summed E-state index contributed by atoms with van der Waals surface area (Å²) < 4.78 is 8.77. The minimum absolute atomic E-state index is 0.614. The van der Waals surface area contributed by atoms with E-state index >= 15 is 0 Å². The summed E-state index contributed by atoms with van der Waals surface area (Å²) in [5.74, 6) is 1.87. The van der Waals surface area contributed by atoms with Crippen molar-refractivity contribution in [1.29, 1.82) is 0 Å². The maximum Gasteiger partial charge on any atom is 0.164 e. The first kappa shape index (κ1) is 24.9. The molecule has 0 aliphatic heterocycles. The summed E-state index contributed by atoms with van der Waals surface area (Å²) in [4.78, 5) is 15.1. The molecule has 3 heterocycles. The van der Waals surface area contributed by atoms with Crippen LogP contribution >= 0.6 is 11.3 Å². The van der Waals surface area contributed by atoms with E-state index in [-0.39, 0.29) is 0 Å². The van der Waals surface area contributed by atoms with E-state index in [9.17, 15) is 0 Å². The molecule has 0 bridgehead atoms. The number of rotatable bonds is 4. The summed E-state index contributed by atoms with van der Waals surface area (Å²) in [5.41, 5.74) is 6.78. The van der Waals surface area contributed by atoms with Crippen molar-refractivity contribution in [1.82, 2.24) is 15.0 Å². The monoisotopic (exact) mass is 581 g/mol. The van der Waals surface area contributed by atoms with Crippen molar-refractivity contribution in [2.45, 2.75) is 0 Å². The van der Waals surface area contributed by atoms with Crippen LogP contribution in [0.25, 0.3) is 87.4 Å². The molecular formula is C39H23N3OS. The number of fused-ring (bicyclic) bond motifs is 6. The Morgan fingerprint density at radius 3 is 1.95 bits per heavy atom. The van der Waals surface area contributed by atoms with Crippen LogP contribution in [0.2, 0.25) is 0 Å². The number of benzene rings is 6. The Morgan fingerprint density at radius 2 is 1.05 bits per heavy atom. The van der Waals surface area contributed by atoms with Gasteiger partial charge in [-0.15, -0.1) is 11.3 Å². The third-order valence-corrected chi connectivity index (χ3v) is 9.37. The number of para-hydroxylation sites is 1. The zero-order chi connectivity index (χ0) is 29.0. The van der Waals surface area contributed by atoms with Crippen LogP contribution in [0.1, 0.15) is 0 Å². The van der Waals surface area contributed by atoms with Crippen LogP contribution in [0.5, 0.6) is 0 Å². The molecule has 0 aliphatic rings. The van der Waals surface area contributed by atoms with E-state index in [0.29, 0.717) is 17.5 Å². The number of hydrogen-bond donors (Lipinski definition) is 0. The van der Waals surface area contributed by atoms with E-state index in [1.165, 1.54) is 25.7 Å². The van der Waals surface area contributed by atoms with Gasteiger partial charge in [-0.3, -0.25) is 0 Å². The smallest absolute Gasteiger partial charge is 0.164 e. The Labute approximate surface area is 256 Å².